The lowest BCUT2D eigenvalue weighted by Crippen LogP contribution is -2.32. The van der Waals surface area contributed by atoms with E-state index in [-0.39, 0.29) is 45.0 Å². The molecule has 1 rings (SSSR count). The Balaban J connectivity index is 2.41. The van der Waals surface area contributed by atoms with Gasteiger partial charge < -0.3 is 37.9 Å². The summed E-state index contributed by atoms with van der Waals surface area (Å²) in [6.45, 7) is 4.56. The van der Waals surface area contributed by atoms with Gasteiger partial charge in [-0.25, -0.2) is 0 Å². The molecule has 0 amide bonds. The van der Waals surface area contributed by atoms with E-state index in [1.54, 1.807) is 21.3 Å². The van der Waals surface area contributed by atoms with E-state index in [1.807, 2.05) is 0 Å². The average molecular weight is 533 g/mol. The van der Waals surface area contributed by atoms with E-state index in [0.717, 1.165) is 71.0 Å². The van der Waals surface area contributed by atoms with Gasteiger partial charge in [0.2, 0.25) is 0 Å². The van der Waals surface area contributed by atoms with E-state index >= 15 is 0 Å². The minimum atomic E-state index is -0.234. The third-order valence-corrected chi connectivity index (χ3v) is 6.48. The lowest BCUT2D eigenvalue weighted by molar-refractivity contribution is -0.162. The maximum absolute atomic E-state index is 5.97. The molecule has 8 nitrogen and oxygen atoms in total. The third-order valence-electron chi connectivity index (χ3n) is 6.48. The van der Waals surface area contributed by atoms with Crippen molar-refractivity contribution in [3.05, 3.63) is 12.2 Å². The van der Waals surface area contributed by atoms with E-state index in [0.29, 0.717) is 0 Å². The van der Waals surface area contributed by atoms with Crippen LogP contribution in [-0.2, 0) is 37.9 Å². The maximum atomic E-state index is 5.97. The Bertz CT molecular complexity index is 498. The lowest BCUT2D eigenvalue weighted by atomic mass is 10.0. The Morgan fingerprint density at radius 2 is 1.41 bits per heavy atom. The van der Waals surface area contributed by atoms with Crippen LogP contribution in [0.4, 0.5) is 0 Å². The maximum Gasteiger partial charge on any atom is 0.157 e. The minimum Gasteiger partial charge on any atom is -0.359 e. The van der Waals surface area contributed by atoms with Gasteiger partial charge in [-0.2, -0.15) is 0 Å². The van der Waals surface area contributed by atoms with Gasteiger partial charge in [0.15, 0.2) is 6.29 Å². The number of methoxy groups -OCH3 is 3. The molecule has 1 saturated heterocycles. The van der Waals surface area contributed by atoms with Gasteiger partial charge in [0.25, 0.3) is 0 Å². The summed E-state index contributed by atoms with van der Waals surface area (Å²) in [5.74, 6) is 0. The van der Waals surface area contributed by atoms with Crippen molar-refractivity contribution in [2.24, 2.45) is 0 Å². The van der Waals surface area contributed by atoms with Crippen LogP contribution >= 0.6 is 0 Å². The molecule has 1 heterocycles. The van der Waals surface area contributed by atoms with Gasteiger partial charge in [0.05, 0.1) is 12.2 Å². The molecule has 1 aliphatic heterocycles. The second-order valence-electron chi connectivity index (χ2n) is 9.72. The van der Waals surface area contributed by atoms with Crippen LogP contribution in [0.25, 0.3) is 0 Å². The fraction of sp³-hybridized carbons (Fsp3) is 0.931. The van der Waals surface area contributed by atoms with Crippen molar-refractivity contribution in [1.29, 1.82) is 0 Å². The highest BCUT2D eigenvalue weighted by Crippen LogP contribution is 2.18. The van der Waals surface area contributed by atoms with E-state index < -0.39 is 0 Å². The smallest absolute Gasteiger partial charge is 0.157 e. The number of ether oxygens (including phenoxy) is 8. The standard InChI is InChI=1S/C29H56O8/c1-5-6-11-17-27(36-24-31-3)28(37-25-32-4)20-19-26(35-23-30-2)16-12-9-7-8-10-14-21-33-29-18-13-15-22-34-29/h19-20,26-29H,5-18,21-25H2,1-4H3/b20-19+/t26-,27-,28+,29?/m0/s1. The van der Waals surface area contributed by atoms with Crippen LogP contribution in [0.15, 0.2) is 12.2 Å². The predicted molar refractivity (Wildman–Crippen MR) is 145 cm³/mol. The molecule has 0 bridgehead atoms. The lowest BCUT2D eigenvalue weighted by Gasteiger charge is -2.25. The first kappa shape index (κ1) is 34.4. The first-order chi connectivity index (χ1) is 18.2. The van der Waals surface area contributed by atoms with Crippen LogP contribution in [0.2, 0.25) is 0 Å². The summed E-state index contributed by atoms with van der Waals surface area (Å²) in [5, 5.41) is 0. The van der Waals surface area contributed by atoms with Crippen molar-refractivity contribution in [1.82, 2.24) is 0 Å². The van der Waals surface area contributed by atoms with Crippen molar-refractivity contribution in [2.75, 3.05) is 54.9 Å². The summed E-state index contributed by atoms with van der Waals surface area (Å²) < 4.78 is 44.8. The molecule has 0 N–H and O–H groups in total. The van der Waals surface area contributed by atoms with Crippen molar-refractivity contribution in [2.45, 2.75) is 121 Å². The summed E-state index contributed by atoms with van der Waals surface area (Å²) in [7, 11) is 4.92. The zero-order valence-corrected chi connectivity index (χ0v) is 24.2. The van der Waals surface area contributed by atoms with Gasteiger partial charge >= 0.3 is 0 Å². The highest BCUT2D eigenvalue weighted by atomic mass is 16.7. The molecule has 0 aromatic heterocycles. The van der Waals surface area contributed by atoms with Gasteiger partial charge in [-0.15, -0.1) is 0 Å². The molecule has 1 unspecified atom stereocenters. The summed E-state index contributed by atoms with van der Waals surface area (Å²) in [5.41, 5.74) is 0. The topological polar surface area (TPSA) is 73.8 Å². The molecule has 4 atom stereocenters. The predicted octanol–water partition coefficient (Wildman–Crippen LogP) is 6.36. The van der Waals surface area contributed by atoms with Crippen LogP contribution < -0.4 is 0 Å². The Labute approximate surface area is 226 Å². The van der Waals surface area contributed by atoms with E-state index in [1.165, 1.54) is 32.1 Å². The molecule has 0 aromatic rings. The highest BCUT2D eigenvalue weighted by molar-refractivity contribution is 4.98. The quantitative estimate of drug-likeness (QED) is 0.0723. The SMILES string of the molecule is CCCCC[C@H](OCOC)[C@@H](/C=C/[C@H](CCCCCCCCOC1CCCCO1)OCOC)OCOC. The number of hydrogen-bond donors (Lipinski definition) is 0. The fourth-order valence-corrected chi connectivity index (χ4v) is 4.36. The van der Waals surface area contributed by atoms with Crippen molar-refractivity contribution in [3.8, 4) is 0 Å². The molecule has 0 radical (unpaired) electrons. The number of hydrogen-bond acceptors (Lipinski definition) is 8. The number of unbranched alkanes of at least 4 members (excludes halogenated alkanes) is 7. The monoisotopic (exact) mass is 532 g/mol. The van der Waals surface area contributed by atoms with Crippen LogP contribution in [0.1, 0.15) is 96.8 Å². The van der Waals surface area contributed by atoms with Crippen LogP contribution in [0.3, 0.4) is 0 Å². The largest absolute Gasteiger partial charge is 0.359 e. The zero-order chi connectivity index (χ0) is 26.8. The van der Waals surface area contributed by atoms with Gasteiger partial charge in [-0.05, 0) is 38.5 Å². The minimum absolute atomic E-state index is 0.0310. The van der Waals surface area contributed by atoms with E-state index in [2.05, 4.69) is 19.1 Å². The second-order valence-corrected chi connectivity index (χ2v) is 9.72. The molecule has 1 aliphatic rings. The summed E-state index contributed by atoms with van der Waals surface area (Å²) in [4.78, 5) is 0. The molecule has 0 aromatic carbocycles. The molecule has 0 spiro atoms. The summed E-state index contributed by atoms with van der Waals surface area (Å²) >= 11 is 0. The second kappa shape index (κ2) is 25.7. The molecule has 220 valence electrons. The van der Waals surface area contributed by atoms with Gasteiger partial charge in [0.1, 0.15) is 26.5 Å². The van der Waals surface area contributed by atoms with Crippen molar-refractivity contribution in [3.63, 3.8) is 0 Å². The normalized spacial score (nSPS) is 18.9. The fourth-order valence-electron chi connectivity index (χ4n) is 4.36. The van der Waals surface area contributed by atoms with Crippen LogP contribution in [-0.4, -0.2) is 79.5 Å². The van der Waals surface area contributed by atoms with E-state index in [9.17, 15) is 0 Å². The first-order valence-electron chi connectivity index (χ1n) is 14.5. The van der Waals surface area contributed by atoms with Crippen LogP contribution in [0.5, 0.6) is 0 Å². The molecule has 0 saturated carbocycles. The van der Waals surface area contributed by atoms with Crippen molar-refractivity contribution >= 4 is 0 Å². The molecule has 0 aliphatic carbocycles. The molecule has 1 fully saturated rings. The molecular formula is C29H56O8. The van der Waals surface area contributed by atoms with Gasteiger partial charge in [-0.1, -0.05) is 70.4 Å². The van der Waals surface area contributed by atoms with Crippen LogP contribution in [0, 0.1) is 0 Å². The molecular weight excluding hydrogens is 476 g/mol. The van der Waals surface area contributed by atoms with E-state index in [4.69, 9.17) is 37.9 Å². The molecule has 37 heavy (non-hydrogen) atoms. The highest BCUT2D eigenvalue weighted by Gasteiger charge is 2.21. The average Bonchev–Trinajstić information content (AvgIpc) is 2.93. The van der Waals surface area contributed by atoms with Gasteiger partial charge in [0, 0.05) is 34.5 Å². The van der Waals surface area contributed by atoms with Crippen molar-refractivity contribution < 1.29 is 37.9 Å². The Hall–Kier alpha value is -0.580. The summed E-state index contributed by atoms with van der Waals surface area (Å²) in [6.07, 6.45) is 19.5. The summed E-state index contributed by atoms with van der Waals surface area (Å²) in [6, 6.07) is 0. The number of rotatable bonds is 26. The van der Waals surface area contributed by atoms with Gasteiger partial charge in [-0.3, -0.25) is 0 Å². The Morgan fingerprint density at radius 3 is 2.11 bits per heavy atom. The Kier molecular flexibility index (Phi) is 23.9. The third kappa shape index (κ3) is 19.2. The zero-order valence-electron chi connectivity index (χ0n) is 24.2. The molecule has 8 heteroatoms. The first-order valence-corrected chi connectivity index (χ1v) is 14.5. The Morgan fingerprint density at radius 1 is 0.730 bits per heavy atom.